The van der Waals surface area contributed by atoms with Gasteiger partial charge >= 0.3 is 0 Å². The fourth-order valence-electron chi connectivity index (χ4n) is 4.89. The molecule has 2 aromatic carbocycles. The van der Waals surface area contributed by atoms with E-state index < -0.39 is 9.84 Å². The van der Waals surface area contributed by atoms with Crippen molar-refractivity contribution < 1.29 is 18.0 Å². The van der Waals surface area contributed by atoms with Crippen molar-refractivity contribution in [2.45, 2.75) is 44.4 Å². The standard InChI is InChI=1S/C26H33N3O4S/c1-19-15-20(2)17-22(16-19)27-11-13-28(14-12-27)26(31)23-9-8-21(18-24(23)34(3,32)33)29-10-6-4-5-7-25(29)30/h8-9,15-18H,4-7,10-14H2,1-3H3. The maximum absolute atomic E-state index is 13.4. The van der Waals surface area contributed by atoms with Crippen molar-refractivity contribution in [3.8, 4) is 0 Å². The average Bonchev–Trinajstić information content (AvgIpc) is 3.01. The molecule has 2 aliphatic rings. The van der Waals surface area contributed by atoms with E-state index in [9.17, 15) is 18.0 Å². The third-order valence-corrected chi connectivity index (χ3v) is 7.76. The van der Waals surface area contributed by atoms with Gasteiger partial charge in [0.25, 0.3) is 5.91 Å². The van der Waals surface area contributed by atoms with Crippen molar-refractivity contribution in [3.63, 3.8) is 0 Å². The molecular weight excluding hydrogens is 450 g/mol. The van der Waals surface area contributed by atoms with E-state index in [4.69, 9.17) is 0 Å². The Morgan fingerprint density at radius 2 is 1.50 bits per heavy atom. The van der Waals surface area contributed by atoms with Crippen LogP contribution in [0.25, 0.3) is 0 Å². The van der Waals surface area contributed by atoms with Crippen LogP contribution in [0.5, 0.6) is 0 Å². The van der Waals surface area contributed by atoms with Crippen molar-refractivity contribution in [2.24, 2.45) is 0 Å². The molecule has 0 bridgehead atoms. The molecule has 0 unspecified atom stereocenters. The summed E-state index contributed by atoms with van der Waals surface area (Å²) in [6.07, 6.45) is 4.28. The average molecular weight is 484 g/mol. The monoisotopic (exact) mass is 483 g/mol. The van der Waals surface area contributed by atoms with Crippen LogP contribution < -0.4 is 9.80 Å². The maximum Gasteiger partial charge on any atom is 0.255 e. The number of benzene rings is 2. The highest BCUT2D eigenvalue weighted by Crippen LogP contribution is 2.28. The number of amides is 2. The Hall–Kier alpha value is -2.87. The molecule has 0 N–H and O–H groups in total. The summed E-state index contributed by atoms with van der Waals surface area (Å²) >= 11 is 0. The number of hydrogen-bond acceptors (Lipinski definition) is 5. The minimum absolute atomic E-state index is 0.00136. The minimum Gasteiger partial charge on any atom is -0.368 e. The van der Waals surface area contributed by atoms with Gasteiger partial charge in [-0.15, -0.1) is 0 Å². The molecular formula is C26H33N3O4S. The topological polar surface area (TPSA) is 78.0 Å². The lowest BCUT2D eigenvalue weighted by Crippen LogP contribution is -2.49. The van der Waals surface area contributed by atoms with Crippen molar-refractivity contribution in [1.82, 2.24) is 4.90 Å². The number of hydrogen-bond donors (Lipinski definition) is 0. The third-order valence-electron chi connectivity index (χ3n) is 6.62. The highest BCUT2D eigenvalue weighted by atomic mass is 32.2. The van der Waals surface area contributed by atoms with Crippen LogP contribution in [0, 0.1) is 13.8 Å². The van der Waals surface area contributed by atoms with Gasteiger partial charge < -0.3 is 14.7 Å². The summed E-state index contributed by atoms with van der Waals surface area (Å²) < 4.78 is 25.3. The molecule has 8 heteroatoms. The number of aryl methyl sites for hydroxylation is 2. The van der Waals surface area contributed by atoms with E-state index in [0.717, 1.165) is 31.2 Å². The van der Waals surface area contributed by atoms with E-state index >= 15 is 0 Å². The van der Waals surface area contributed by atoms with E-state index in [1.807, 2.05) is 0 Å². The molecule has 0 aromatic heterocycles. The van der Waals surface area contributed by atoms with Gasteiger partial charge in [-0.05, 0) is 68.1 Å². The molecule has 2 aliphatic heterocycles. The van der Waals surface area contributed by atoms with E-state index in [1.54, 1.807) is 21.9 Å². The van der Waals surface area contributed by atoms with Crippen LogP contribution >= 0.6 is 0 Å². The zero-order valence-electron chi connectivity index (χ0n) is 20.2. The first kappa shape index (κ1) is 24.3. The number of piperazine rings is 1. The van der Waals surface area contributed by atoms with Crippen molar-refractivity contribution in [2.75, 3.05) is 48.8 Å². The van der Waals surface area contributed by atoms with Gasteiger partial charge in [0.05, 0.1) is 10.5 Å². The highest BCUT2D eigenvalue weighted by molar-refractivity contribution is 7.90. The fourth-order valence-corrected chi connectivity index (χ4v) is 5.78. The zero-order valence-corrected chi connectivity index (χ0v) is 21.0. The molecule has 2 saturated heterocycles. The van der Waals surface area contributed by atoms with Gasteiger partial charge in [-0.2, -0.15) is 0 Å². The summed E-state index contributed by atoms with van der Waals surface area (Å²) in [4.78, 5) is 31.5. The second kappa shape index (κ2) is 9.78. The van der Waals surface area contributed by atoms with Crippen LogP contribution in [0.15, 0.2) is 41.3 Å². The first-order valence-corrected chi connectivity index (χ1v) is 13.8. The highest BCUT2D eigenvalue weighted by Gasteiger charge is 2.28. The Morgan fingerprint density at radius 3 is 2.15 bits per heavy atom. The number of nitrogens with zero attached hydrogens (tertiary/aromatic N) is 3. The molecule has 0 radical (unpaired) electrons. The summed E-state index contributed by atoms with van der Waals surface area (Å²) in [7, 11) is -3.66. The lowest BCUT2D eigenvalue weighted by atomic mass is 10.1. The van der Waals surface area contributed by atoms with Crippen LogP contribution in [-0.2, 0) is 14.6 Å². The zero-order chi connectivity index (χ0) is 24.5. The van der Waals surface area contributed by atoms with Crippen LogP contribution in [0.1, 0.15) is 47.2 Å². The van der Waals surface area contributed by atoms with Crippen molar-refractivity contribution in [1.29, 1.82) is 0 Å². The summed E-state index contributed by atoms with van der Waals surface area (Å²) in [5.41, 5.74) is 4.27. The molecule has 0 aliphatic carbocycles. The summed E-state index contributed by atoms with van der Waals surface area (Å²) in [6, 6.07) is 11.2. The van der Waals surface area contributed by atoms with E-state index in [0.29, 0.717) is 44.8 Å². The normalized spacial score (nSPS) is 17.6. The Balaban J connectivity index is 1.55. The first-order chi connectivity index (χ1) is 16.1. The summed E-state index contributed by atoms with van der Waals surface area (Å²) in [5.74, 6) is -0.284. The van der Waals surface area contributed by atoms with Gasteiger partial charge in [0.15, 0.2) is 9.84 Å². The van der Waals surface area contributed by atoms with Gasteiger partial charge in [0.1, 0.15) is 0 Å². The predicted octanol–water partition coefficient (Wildman–Crippen LogP) is 3.58. The largest absolute Gasteiger partial charge is 0.368 e. The predicted molar refractivity (Wildman–Crippen MR) is 134 cm³/mol. The number of carbonyl (C=O) groups is 2. The lowest BCUT2D eigenvalue weighted by Gasteiger charge is -2.36. The van der Waals surface area contributed by atoms with Gasteiger partial charge in [-0.3, -0.25) is 9.59 Å². The van der Waals surface area contributed by atoms with E-state index in [2.05, 4.69) is 36.9 Å². The van der Waals surface area contributed by atoms with Gasteiger partial charge in [-0.25, -0.2) is 8.42 Å². The molecule has 2 amide bonds. The summed E-state index contributed by atoms with van der Waals surface area (Å²) in [6.45, 7) is 7.11. The van der Waals surface area contributed by atoms with Crippen molar-refractivity contribution >= 4 is 33.0 Å². The van der Waals surface area contributed by atoms with Gasteiger partial charge in [-0.1, -0.05) is 12.5 Å². The molecule has 34 heavy (non-hydrogen) atoms. The molecule has 182 valence electrons. The first-order valence-electron chi connectivity index (χ1n) is 11.9. The quantitative estimate of drug-likeness (QED) is 0.664. The van der Waals surface area contributed by atoms with Crippen molar-refractivity contribution in [3.05, 3.63) is 53.1 Å². The maximum atomic E-state index is 13.4. The molecule has 4 rings (SSSR count). The number of sulfone groups is 1. The lowest BCUT2D eigenvalue weighted by molar-refractivity contribution is -0.118. The Kier molecular flexibility index (Phi) is 6.98. The van der Waals surface area contributed by atoms with Crippen LogP contribution in [-0.4, -0.2) is 64.1 Å². The second-order valence-corrected chi connectivity index (χ2v) is 11.4. The molecule has 0 saturated carbocycles. The third kappa shape index (κ3) is 5.27. The smallest absolute Gasteiger partial charge is 0.255 e. The Bertz CT molecular complexity index is 1180. The second-order valence-electron chi connectivity index (χ2n) is 9.43. The fraction of sp³-hybridized carbons (Fsp3) is 0.462. The van der Waals surface area contributed by atoms with E-state index in [-0.39, 0.29) is 22.3 Å². The number of carbonyl (C=O) groups excluding carboxylic acids is 2. The number of anilines is 2. The minimum atomic E-state index is -3.66. The SMILES string of the molecule is Cc1cc(C)cc(N2CCN(C(=O)c3ccc(N4CCCCCC4=O)cc3S(C)(=O)=O)CC2)c1. The van der Waals surface area contributed by atoms with Gasteiger partial charge in [0, 0.05) is 56.8 Å². The molecule has 2 fully saturated rings. The van der Waals surface area contributed by atoms with Crippen LogP contribution in [0.2, 0.25) is 0 Å². The van der Waals surface area contributed by atoms with E-state index in [1.165, 1.54) is 17.2 Å². The Morgan fingerprint density at radius 1 is 0.824 bits per heavy atom. The number of rotatable bonds is 4. The van der Waals surface area contributed by atoms with Crippen LogP contribution in [0.3, 0.4) is 0 Å². The molecule has 2 aromatic rings. The van der Waals surface area contributed by atoms with Crippen LogP contribution in [0.4, 0.5) is 11.4 Å². The molecule has 7 nitrogen and oxygen atoms in total. The molecule has 0 spiro atoms. The molecule has 2 heterocycles. The molecule has 0 atom stereocenters. The summed E-state index contributed by atoms with van der Waals surface area (Å²) in [5, 5.41) is 0. The Labute approximate surface area is 202 Å². The van der Waals surface area contributed by atoms with Gasteiger partial charge in [0.2, 0.25) is 5.91 Å².